The van der Waals surface area contributed by atoms with Gasteiger partial charge in [-0.3, -0.25) is 0 Å². The molecule has 0 aliphatic heterocycles. The predicted octanol–water partition coefficient (Wildman–Crippen LogP) is 6.08. The van der Waals surface area contributed by atoms with Gasteiger partial charge in [-0.15, -0.1) is 26.3 Å². The van der Waals surface area contributed by atoms with Gasteiger partial charge in [-0.25, -0.2) is 4.98 Å². The minimum atomic E-state index is -4.89. The molecule has 154 valence electrons. The first kappa shape index (κ1) is 21.0. The second-order valence-electron chi connectivity index (χ2n) is 5.88. The van der Waals surface area contributed by atoms with Gasteiger partial charge >= 0.3 is 12.7 Å². The van der Waals surface area contributed by atoms with Gasteiger partial charge in [0.25, 0.3) is 0 Å². The first-order valence-electron chi connectivity index (χ1n) is 8.16. The third kappa shape index (κ3) is 5.41. The Balaban J connectivity index is 2.03. The SMILES string of the molecule is N#Cc1ncc(-c2cccc(OC(F)(F)F)c2)cc1-c1cccc(OC(F)(F)F)c1. The molecule has 1 aromatic heterocycles. The van der Waals surface area contributed by atoms with Gasteiger partial charge in [-0.05, 0) is 41.5 Å². The number of halogens is 6. The largest absolute Gasteiger partial charge is 0.573 e. The summed E-state index contributed by atoms with van der Waals surface area (Å²) >= 11 is 0. The molecule has 2 aromatic carbocycles. The number of aromatic nitrogens is 1. The van der Waals surface area contributed by atoms with Crippen molar-refractivity contribution in [2.45, 2.75) is 12.7 Å². The quantitative estimate of drug-likeness (QED) is 0.476. The predicted molar refractivity (Wildman–Crippen MR) is 93.2 cm³/mol. The van der Waals surface area contributed by atoms with Gasteiger partial charge < -0.3 is 9.47 Å². The maximum absolute atomic E-state index is 12.5. The van der Waals surface area contributed by atoms with E-state index in [1.807, 2.05) is 6.07 Å². The Morgan fingerprint density at radius 3 is 1.80 bits per heavy atom. The summed E-state index contributed by atoms with van der Waals surface area (Å²) in [6, 6.07) is 13.3. The Hall–Kier alpha value is -3.74. The molecule has 4 nitrogen and oxygen atoms in total. The smallest absolute Gasteiger partial charge is 0.406 e. The van der Waals surface area contributed by atoms with E-state index >= 15 is 0 Å². The van der Waals surface area contributed by atoms with Gasteiger partial charge in [-0.1, -0.05) is 24.3 Å². The van der Waals surface area contributed by atoms with Crippen molar-refractivity contribution in [3.05, 3.63) is 66.5 Å². The van der Waals surface area contributed by atoms with E-state index in [0.29, 0.717) is 11.1 Å². The molecule has 0 N–H and O–H groups in total. The molecular weight excluding hydrogens is 414 g/mol. The number of nitriles is 1. The van der Waals surface area contributed by atoms with Gasteiger partial charge in [0.15, 0.2) is 0 Å². The van der Waals surface area contributed by atoms with Crippen molar-refractivity contribution < 1.29 is 35.8 Å². The fraction of sp³-hybridized carbons (Fsp3) is 0.100. The number of hydrogen-bond donors (Lipinski definition) is 0. The minimum Gasteiger partial charge on any atom is -0.406 e. The monoisotopic (exact) mass is 424 g/mol. The van der Waals surface area contributed by atoms with E-state index in [2.05, 4.69) is 14.5 Å². The first-order chi connectivity index (χ1) is 14.0. The molecule has 0 fully saturated rings. The van der Waals surface area contributed by atoms with Gasteiger partial charge in [0.1, 0.15) is 23.3 Å². The zero-order chi connectivity index (χ0) is 21.9. The summed E-state index contributed by atoms with van der Waals surface area (Å²) < 4.78 is 82.6. The lowest BCUT2D eigenvalue weighted by Crippen LogP contribution is -2.17. The van der Waals surface area contributed by atoms with Crippen LogP contribution in [0.25, 0.3) is 22.3 Å². The van der Waals surface area contributed by atoms with Crippen LogP contribution < -0.4 is 9.47 Å². The molecule has 0 aliphatic rings. The molecule has 0 amide bonds. The number of ether oxygens (including phenoxy) is 2. The van der Waals surface area contributed by atoms with Crippen molar-refractivity contribution in [2.24, 2.45) is 0 Å². The van der Waals surface area contributed by atoms with Crippen LogP contribution in [0, 0.1) is 11.3 Å². The van der Waals surface area contributed by atoms with Crippen LogP contribution in [0.3, 0.4) is 0 Å². The maximum Gasteiger partial charge on any atom is 0.573 e. The molecule has 0 radical (unpaired) electrons. The summed E-state index contributed by atoms with van der Waals surface area (Å²) in [5, 5.41) is 9.30. The summed E-state index contributed by atoms with van der Waals surface area (Å²) in [6.07, 6.45) is -8.49. The van der Waals surface area contributed by atoms with Crippen molar-refractivity contribution in [1.82, 2.24) is 4.98 Å². The summed E-state index contributed by atoms with van der Waals surface area (Å²) in [4.78, 5) is 3.97. The van der Waals surface area contributed by atoms with Crippen molar-refractivity contribution in [2.75, 3.05) is 0 Å². The van der Waals surface area contributed by atoms with Crippen LogP contribution in [-0.4, -0.2) is 17.7 Å². The molecule has 0 bridgehead atoms. The highest BCUT2D eigenvalue weighted by atomic mass is 19.4. The van der Waals surface area contributed by atoms with Crippen molar-refractivity contribution in [1.29, 1.82) is 5.26 Å². The lowest BCUT2D eigenvalue weighted by atomic mass is 9.99. The average molecular weight is 424 g/mol. The summed E-state index contributed by atoms with van der Waals surface area (Å²) in [5.74, 6) is -0.943. The Morgan fingerprint density at radius 1 is 0.733 bits per heavy atom. The Kier molecular flexibility index (Phi) is 5.56. The first-order valence-corrected chi connectivity index (χ1v) is 8.16. The molecule has 0 atom stereocenters. The molecule has 0 spiro atoms. The second-order valence-corrected chi connectivity index (χ2v) is 5.88. The third-order valence-electron chi connectivity index (χ3n) is 3.77. The number of nitrogens with zero attached hydrogens (tertiary/aromatic N) is 2. The van der Waals surface area contributed by atoms with Crippen LogP contribution in [0.2, 0.25) is 0 Å². The van der Waals surface area contributed by atoms with Gasteiger partial charge in [0.2, 0.25) is 0 Å². The topological polar surface area (TPSA) is 55.1 Å². The molecule has 1 heterocycles. The number of hydrogen-bond acceptors (Lipinski definition) is 4. The molecule has 0 aliphatic carbocycles. The zero-order valence-electron chi connectivity index (χ0n) is 14.8. The standard InChI is InChI=1S/C20H10F6N2O2/c21-19(22,23)29-15-5-1-3-12(7-15)14-9-17(18(10-27)28-11-14)13-4-2-6-16(8-13)30-20(24,25)26/h1-9,11H. The number of alkyl halides is 6. The number of pyridine rings is 1. The second kappa shape index (κ2) is 7.94. The zero-order valence-corrected chi connectivity index (χ0v) is 14.8. The van der Waals surface area contributed by atoms with Crippen LogP contribution >= 0.6 is 0 Å². The highest BCUT2D eigenvalue weighted by Gasteiger charge is 2.32. The van der Waals surface area contributed by atoms with Gasteiger partial charge in [-0.2, -0.15) is 5.26 Å². The highest BCUT2D eigenvalue weighted by molar-refractivity contribution is 5.76. The van der Waals surface area contributed by atoms with E-state index in [-0.39, 0.29) is 16.8 Å². The molecule has 0 unspecified atom stereocenters. The summed E-state index contributed by atoms with van der Waals surface area (Å²) in [7, 11) is 0. The van der Waals surface area contributed by atoms with Gasteiger partial charge in [0, 0.05) is 17.3 Å². The van der Waals surface area contributed by atoms with E-state index in [0.717, 1.165) is 24.3 Å². The third-order valence-corrected chi connectivity index (χ3v) is 3.77. The Morgan fingerprint density at radius 2 is 1.27 bits per heavy atom. The van der Waals surface area contributed by atoms with E-state index in [9.17, 15) is 31.6 Å². The van der Waals surface area contributed by atoms with Gasteiger partial charge in [0.05, 0.1) is 0 Å². The molecule has 30 heavy (non-hydrogen) atoms. The average Bonchev–Trinajstić information content (AvgIpc) is 2.65. The van der Waals surface area contributed by atoms with Crippen LogP contribution in [0.15, 0.2) is 60.8 Å². The molecule has 0 saturated carbocycles. The molecule has 0 saturated heterocycles. The fourth-order valence-corrected chi connectivity index (χ4v) is 2.67. The molecule has 3 rings (SSSR count). The maximum atomic E-state index is 12.5. The molecule has 10 heteroatoms. The normalized spacial score (nSPS) is 11.6. The van der Waals surface area contributed by atoms with Crippen LogP contribution in [0.4, 0.5) is 26.3 Å². The van der Waals surface area contributed by atoms with Crippen molar-refractivity contribution in [3.63, 3.8) is 0 Å². The Bertz CT molecular complexity index is 1100. The molecule has 3 aromatic rings. The van der Waals surface area contributed by atoms with E-state index in [1.54, 1.807) is 0 Å². The van der Waals surface area contributed by atoms with Crippen molar-refractivity contribution in [3.8, 4) is 39.8 Å². The van der Waals surface area contributed by atoms with Crippen LogP contribution in [0.1, 0.15) is 5.69 Å². The van der Waals surface area contributed by atoms with Crippen LogP contribution in [0.5, 0.6) is 11.5 Å². The molecular formula is C20H10F6N2O2. The number of rotatable bonds is 4. The van der Waals surface area contributed by atoms with E-state index in [4.69, 9.17) is 0 Å². The van der Waals surface area contributed by atoms with E-state index in [1.165, 1.54) is 36.5 Å². The number of benzene rings is 2. The Labute approximate surface area is 165 Å². The lowest BCUT2D eigenvalue weighted by molar-refractivity contribution is -0.275. The van der Waals surface area contributed by atoms with Crippen LogP contribution in [-0.2, 0) is 0 Å². The minimum absolute atomic E-state index is 0.0781. The van der Waals surface area contributed by atoms with Crippen molar-refractivity contribution >= 4 is 0 Å². The highest BCUT2D eigenvalue weighted by Crippen LogP contribution is 2.33. The summed E-state index contributed by atoms with van der Waals surface area (Å²) in [6.45, 7) is 0. The lowest BCUT2D eigenvalue weighted by Gasteiger charge is -2.12. The summed E-state index contributed by atoms with van der Waals surface area (Å²) in [5.41, 5.74) is 0.956. The fourth-order valence-electron chi connectivity index (χ4n) is 2.67. The van der Waals surface area contributed by atoms with E-state index < -0.39 is 24.2 Å².